The summed E-state index contributed by atoms with van der Waals surface area (Å²) in [6.45, 7) is 1.54. The van der Waals surface area contributed by atoms with Crippen molar-refractivity contribution in [3.8, 4) is 0 Å². The quantitative estimate of drug-likeness (QED) is 0.0404. The molecule has 11 aromatic carbocycles. The Balaban J connectivity index is 1.23. The summed E-state index contributed by atoms with van der Waals surface area (Å²) in [4.78, 5) is 14.4. The van der Waals surface area contributed by atoms with Crippen molar-refractivity contribution in [3.63, 3.8) is 0 Å². The Labute approximate surface area is 538 Å². The molecule has 0 saturated heterocycles. The van der Waals surface area contributed by atoms with Crippen molar-refractivity contribution < 1.29 is 25.7 Å². The molecule has 0 aliphatic carbocycles. The Hall–Kier alpha value is -8.19. The lowest BCUT2D eigenvalue weighted by atomic mass is 10.2. The van der Waals surface area contributed by atoms with Crippen LogP contribution in [0, 0.1) is 0 Å². The average Bonchev–Trinajstić information content (AvgIpc) is 0.851. The molecule has 0 aromatic heterocycles. The molecule has 0 aliphatic rings. The first kappa shape index (κ1) is 63.4. The molecule has 452 valence electrons. The van der Waals surface area contributed by atoms with Crippen LogP contribution >= 0.6 is 0 Å². The minimum absolute atomic E-state index is 0.383. The summed E-state index contributed by atoms with van der Waals surface area (Å²) in [7, 11) is -19.2. The maximum absolute atomic E-state index is 14.4. The number of rotatable bonds is 31. The summed E-state index contributed by atoms with van der Waals surface area (Å²) in [6, 6.07) is 125. The number of hydrogen-bond donors (Lipinski definition) is 0. The summed E-state index contributed by atoms with van der Waals surface area (Å²) in [5.74, 6) is -0.383. The van der Waals surface area contributed by atoms with E-state index in [2.05, 4.69) is 322 Å². The van der Waals surface area contributed by atoms with Crippen molar-refractivity contribution in [1.82, 2.24) is 0 Å². The molecule has 0 saturated carbocycles. The molecule has 0 bridgehead atoms. The van der Waals surface area contributed by atoms with Crippen LogP contribution in [0.15, 0.2) is 334 Å². The molecule has 11 rings (SSSR count). The molecule has 0 heterocycles. The second-order valence-corrected chi connectivity index (χ2v) is 41.1. The predicted molar refractivity (Wildman–Crippen MR) is 376 cm³/mol. The average molecular weight is 1270 g/mol. The highest BCUT2D eigenvalue weighted by molar-refractivity contribution is 6.91. The highest BCUT2D eigenvalue weighted by Crippen LogP contribution is 2.40. The van der Waals surface area contributed by atoms with Crippen LogP contribution in [0.3, 0.4) is 0 Å². The molecule has 0 N–H and O–H groups in total. The third-order valence-corrected chi connectivity index (χ3v) is 40.0. The van der Waals surface area contributed by atoms with Gasteiger partial charge in [-0.05, 0) is 79.3 Å². The summed E-state index contributed by atoms with van der Waals surface area (Å²) in [6.07, 6.45) is 0. The van der Waals surface area contributed by atoms with Gasteiger partial charge in [0.1, 0.15) is 0 Å². The first-order valence-corrected chi connectivity index (χ1v) is 43.0. The van der Waals surface area contributed by atoms with Crippen molar-refractivity contribution in [1.29, 1.82) is 0 Å². The topological polar surface area (TPSA) is 63.2 Å². The van der Waals surface area contributed by atoms with E-state index >= 15 is 0 Å². The van der Waals surface area contributed by atoms with Gasteiger partial charge < -0.3 is 20.9 Å². The van der Waals surface area contributed by atoms with Crippen LogP contribution < -0.4 is 0 Å². The molecule has 0 unspecified atom stereocenters. The zero-order chi connectivity index (χ0) is 61.6. The largest absolute Gasteiger partial charge is 0.494 e. The van der Waals surface area contributed by atoms with Gasteiger partial charge in [0.2, 0.25) is 0 Å². The lowest BCUT2D eigenvalue weighted by molar-refractivity contribution is -0.133. The molecule has 90 heavy (non-hydrogen) atoms. The first-order chi connectivity index (χ1) is 44.1. The lowest BCUT2D eigenvalue weighted by Gasteiger charge is -2.50. The fraction of sp³-hybridized carbons (Fsp3) is 0.152. The van der Waals surface area contributed by atoms with Crippen molar-refractivity contribution in [2.45, 2.75) is 73.4 Å². The molecule has 11 aromatic rings. The first-order valence-electron chi connectivity index (χ1n) is 31.5. The summed E-state index contributed by atoms with van der Waals surface area (Å²) in [5.41, 5.74) is 12.4. The van der Waals surface area contributed by atoms with Gasteiger partial charge in [-0.1, -0.05) is 334 Å². The summed E-state index contributed by atoms with van der Waals surface area (Å²) < 4.78 is 43.1. The van der Waals surface area contributed by atoms with E-state index in [1.807, 2.05) is 12.1 Å². The van der Waals surface area contributed by atoms with Gasteiger partial charge in [-0.15, -0.1) is 0 Å². The van der Waals surface area contributed by atoms with E-state index in [-0.39, 0.29) is 5.97 Å². The lowest BCUT2D eigenvalue weighted by Crippen LogP contribution is -2.71. The minimum atomic E-state index is -4.09. The van der Waals surface area contributed by atoms with Crippen molar-refractivity contribution >= 4 is 48.5 Å². The predicted octanol–water partition coefficient (Wildman–Crippen LogP) is 16.9. The maximum atomic E-state index is 14.4. The fourth-order valence-corrected chi connectivity index (χ4v) is 42.4. The SMILES string of the molecule is CC(=O)O[Si](Cc1ccccc1)(Cc1ccccc1)O[Si](Cc1ccccc1)(Cc1ccccc1)O[Si](Cc1ccccc1)(Cc1ccccc1)O[Si](Cc1ccccc1)(Cc1ccccc1)O[Si](Cc1ccccc1)(Cc1ccccc1)Cc1ccccc1. The third kappa shape index (κ3) is 18.5. The fourth-order valence-electron chi connectivity index (χ4n) is 13.0. The normalized spacial score (nSPS) is 12.1. The molecular formula is C79H80O6Si5. The third-order valence-electron chi connectivity index (χ3n) is 16.5. The van der Waals surface area contributed by atoms with Gasteiger partial charge in [-0.25, -0.2) is 0 Å². The van der Waals surface area contributed by atoms with Gasteiger partial charge in [-0.3, -0.25) is 4.79 Å². The Morgan fingerprint density at radius 2 is 0.356 bits per heavy atom. The summed E-state index contributed by atoms with van der Waals surface area (Å²) >= 11 is 0. The number of carbonyl (C=O) groups excluding carboxylic acids is 1. The van der Waals surface area contributed by atoms with E-state index in [0.717, 1.165) is 62.6 Å². The second-order valence-electron chi connectivity index (χ2n) is 24.1. The van der Waals surface area contributed by atoms with Gasteiger partial charge in [-0.2, -0.15) is 0 Å². The zero-order valence-corrected chi connectivity index (χ0v) is 56.5. The Kier molecular flexibility index (Phi) is 21.9. The zero-order valence-electron chi connectivity index (χ0n) is 51.5. The van der Waals surface area contributed by atoms with E-state index in [1.54, 1.807) is 0 Å². The number of hydrogen-bond acceptors (Lipinski definition) is 6. The van der Waals surface area contributed by atoms with Gasteiger partial charge in [0.05, 0.1) is 0 Å². The molecule has 0 atom stereocenters. The summed E-state index contributed by atoms with van der Waals surface area (Å²) in [5, 5.41) is 0. The molecule has 0 fully saturated rings. The molecule has 0 amide bonds. The number of benzene rings is 11. The Morgan fingerprint density at radius 3 is 0.533 bits per heavy atom. The van der Waals surface area contributed by atoms with Gasteiger partial charge in [0.15, 0.2) is 8.32 Å². The van der Waals surface area contributed by atoms with Gasteiger partial charge in [0.25, 0.3) is 5.97 Å². The van der Waals surface area contributed by atoms with Crippen molar-refractivity contribution in [2.75, 3.05) is 0 Å². The van der Waals surface area contributed by atoms with Gasteiger partial charge in [0, 0.05) is 55.3 Å². The van der Waals surface area contributed by atoms with E-state index in [1.165, 1.54) is 23.6 Å². The van der Waals surface area contributed by atoms with Crippen molar-refractivity contribution in [3.05, 3.63) is 395 Å². The van der Waals surface area contributed by atoms with Crippen LogP contribution in [0.1, 0.15) is 68.1 Å². The molecular weight excluding hydrogens is 1190 g/mol. The Morgan fingerprint density at radius 1 is 0.211 bits per heavy atom. The molecule has 0 aliphatic heterocycles. The van der Waals surface area contributed by atoms with Crippen LogP contribution in [0.4, 0.5) is 0 Å². The number of carbonyl (C=O) groups is 1. The standard InChI is InChI=1S/C79H80O6Si5/c1-68(80)81-87(60-72-41-19-5-20-42-72,61-73-43-21-6-22-44-73)83-89(64-76-49-27-9-28-50-76,65-77-51-29-10-30-52-77)85-90(66-78-53-31-11-32-54-78,67-79-55-33-12-34-56-79)84-88(62-74-45-23-7-24-46-74,63-75-47-25-8-26-48-75)82-86(57-69-35-13-2-14-36-69,58-70-37-15-3-16-38-70)59-71-39-17-4-18-40-71/h2-56H,57-67H2,1H3. The minimum Gasteiger partial charge on any atom is -0.494 e. The maximum Gasteiger partial charge on any atom is 0.401 e. The highest BCUT2D eigenvalue weighted by atomic mass is 28.5. The van der Waals surface area contributed by atoms with Crippen LogP contribution in [0.5, 0.6) is 0 Å². The molecule has 11 heteroatoms. The molecule has 0 spiro atoms. The monoisotopic (exact) mass is 1260 g/mol. The second kappa shape index (κ2) is 31.0. The van der Waals surface area contributed by atoms with Crippen LogP contribution in [0.25, 0.3) is 0 Å². The van der Waals surface area contributed by atoms with Crippen molar-refractivity contribution in [2.24, 2.45) is 0 Å². The van der Waals surface area contributed by atoms with E-state index in [4.69, 9.17) is 16.8 Å². The highest BCUT2D eigenvalue weighted by Gasteiger charge is 2.60. The van der Waals surface area contributed by atoms with Crippen LogP contribution in [-0.2, 0) is 92.2 Å². The van der Waals surface area contributed by atoms with E-state index in [9.17, 15) is 8.91 Å². The van der Waals surface area contributed by atoms with Crippen LogP contribution in [-0.4, -0.2) is 48.5 Å². The molecule has 6 nitrogen and oxygen atoms in total. The molecule has 0 radical (unpaired) electrons. The van der Waals surface area contributed by atoms with E-state index in [0.29, 0.717) is 48.4 Å². The Bertz CT molecular complexity index is 3600. The van der Waals surface area contributed by atoms with E-state index < -0.39 is 42.6 Å². The smallest absolute Gasteiger partial charge is 0.401 e. The van der Waals surface area contributed by atoms with Crippen LogP contribution in [0.2, 0.25) is 0 Å². The van der Waals surface area contributed by atoms with Gasteiger partial charge >= 0.3 is 34.2 Å².